The van der Waals surface area contributed by atoms with E-state index in [1.807, 2.05) is 48.3 Å². The molecule has 2 heterocycles. The van der Waals surface area contributed by atoms with E-state index in [0.717, 1.165) is 16.5 Å². The van der Waals surface area contributed by atoms with E-state index in [0.29, 0.717) is 18.8 Å². The van der Waals surface area contributed by atoms with Crippen molar-refractivity contribution in [3.8, 4) is 0 Å². The minimum Gasteiger partial charge on any atom is -0.347 e. The van der Waals surface area contributed by atoms with Gasteiger partial charge < -0.3 is 14.5 Å². The molecule has 2 aromatic carbocycles. The number of rotatable bonds is 6. The molecule has 0 aliphatic carbocycles. The predicted molar refractivity (Wildman–Crippen MR) is 106 cm³/mol. The number of para-hydroxylation sites is 1. The number of amides is 1. The van der Waals surface area contributed by atoms with E-state index in [-0.39, 0.29) is 11.7 Å². The van der Waals surface area contributed by atoms with Crippen LogP contribution in [0.1, 0.15) is 23.9 Å². The number of nitrogens with one attached hydrogen (secondary N) is 1. The number of hydrogen-bond acceptors (Lipinski definition) is 2. The van der Waals surface area contributed by atoms with E-state index in [2.05, 4.69) is 20.9 Å². The number of hydrogen-bond donors (Lipinski definition) is 1. The average Bonchev–Trinajstić information content (AvgIpc) is 3.31. The number of imidazole rings is 1. The van der Waals surface area contributed by atoms with Crippen LogP contribution in [-0.4, -0.2) is 20.0 Å². The van der Waals surface area contributed by atoms with Crippen LogP contribution in [-0.2, 0) is 18.4 Å². The van der Waals surface area contributed by atoms with E-state index in [1.54, 1.807) is 18.3 Å². The van der Waals surface area contributed by atoms with Crippen molar-refractivity contribution in [2.45, 2.75) is 19.0 Å². The Balaban J connectivity index is 1.51. The van der Waals surface area contributed by atoms with Gasteiger partial charge in [-0.15, -0.1) is 0 Å². The van der Waals surface area contributed by atoms with Crippen molar-refractivity contribution in [2.24, 2.45) is 7.05 Å². The first kappa shape index (κ1) is 18.0. The quantitative estimate of drug-likeness (QED) is 0.556. The molecular formula is C22H21FN4O. The smallest absolute Gasteiger partial charge is 0.222 e. The second-order valence-electron chi connectivity index (χ2n) is 6.77. The lowest BCUT2D eigenvalue weighted by atomic mass is 10.1. The Morgan fingerprint density at radius 2 is 1.89 bits per heavy atom. The number of halogens is 1. The summed E-state index contributed by atoms with van der Waals surface area (Å²) >= 11 is 0. The molecule has 6 heteroatoms. The fraction of sp³-hybridized carbons (Fsp3) is 0.182. The third-order valence-electron chi connectivity index (χ3n) is 4.89. The number of aryl methyl sites for hydroxylation is 2. The Hall–Kier alpha value is -3.41. The molecule has 4 aromatic rings. The molecular weight excluding hydrogens is 355 g/mol. The van der Waals surface area contributed by atoms with Gasteiger partial charge in [0.1, 0.15) is 17.7 Å². The molecule has 0 saturated carbocycles. The second kappa shape index (κ2) is 7.68. The molecule has 1 atom stereocenters. The van der Waals surface area contributed by atoms with Gasteiger partial charge in [-0.1, -0.05) is 30.3 Å². The molecule has 0 unspecified atom stereocenters. The maximum Gasteiger partial charge on any atom is 0.222 e. The van der Waals surface area contributed by atoms with Crippen LogP contribution in [0.3, 0.4) is 0 Å². The molecule has 1 amide bonds. The number of fused-ring (bicyclic) bond motifs is 1. The van der Waals surface area contributed by atoms with E-state index in [4.69, 9.17) is 0 Å². The van der Waals surface area contributed by atoms with Crippen molar-refractivity contribution in [1.29, 1.82) is 0 Å². The van der Waals surface area contributed by atoms with E-state index in [1.165, 1.54) is 12.1 Å². The first-order valence-electron chi connectivity index (χ1n) is 9.18. The Morgan fingerprint density at radius 3 is 2.64 bits per heavy atom. The summed E-state index contributed by atoms with van der Waals surface area (Å²) in [5.41, 5.74) is 1.89. The molecule has 4 rings (SSSR count). The molecule has 0 radical (unpaired) electrons. The fourth-order valence-electron chi connectivity index (χ4n) is 3.40. The monoisotopic (exact) mass is 376 g/mol. The van der Waals surface area contributed by atoms with Crippen LogP contribution >= 0.6 is 0 Å². The highest BCUT2D eigenvalue weighted by Crippen LogP contribution is 2.21. The van der Waals surface area contributed by atoms with Crippen molar-refractivity contribution in [3.63, 3.8) is 0 Å². The highest BCUT2D eigenvalue weighted by molar-refractivity contribution is 5.80. The maximum atomic E-state index is 13.3. The van der Waals surface area contributed by atoms with E-state index >= 15 is 0 Å². The first-order valence-corrected chi connectivity index (χ1v) is 9.18. The summed E-state index contributed by atoms with van der Waals surface area (Å²) in [6.45, 7) is 0.579. The summed E-state index contributed by atoms with van der Waals surface area (Å²) in [6.07, 6.45) is 5.84. The molecule has 0 fully saturated rings. The lowest BCUT2D eigenvalue weighted by Gasteiger charge is -2.19. The van der Waals surface area contributed by atoms with Crippen LogP contribution in [0.15, 0.2) is 73.2 Å². The molecule has 0 spiro atoms. The van der Waals surface area contributed by atoms with Gasteiger partial charge in [-0.3, -0.25) is 4.79 Å². The molecule has 142 valence electrons. The second-order valence-corrected chi connectivity index (χ2v) is 6.77. The van der Waals surface area contributed by atoms with Gasteiger partial charge in [0.25, 0.3) is 0 Å². The van der Waals surface area contributed by atoms with Gasteiger partial charge in [-0.25, -0.2) is 9.37 Å². The topological polar surface area (TPSA) is 51.9 Å². The van der Waals surface area contributed by atoms with Crippen molar-refractivity contribution < 1.29 is 9.18 Å². The number of aromatic nitrogens is 3. The fourth-order valence-corrected chi connectivity index (χ4v) is 3.40. The largest absolute Gasteiger partial charge is 0.347 e. The van der Waals surface area contributed by atoms with Crippen molar-refractivity contribution in [3.05, 3.63) is 90.4 Å². The van der Waals surface area contributed by atoms with Crippen LogP contribution in [0, 0.1) is 5.82 Å². The summed E-state index contributed by atoms with van der Waals surface area (Å²) in [5.74, 6) is 0.301. The molecule has 1 N–H and O–H groups in total. The van der Waals surface area contributed by atoms with Crippen LogP contribution in [0.25, 0.3) is 10.9 Å². The average molecular weight is 376 g/mol. The van der Waals surface area contributed by atoms with Crippen molar-refractivity contribution in [1.82, 2.24) is 19.4 Å². The first-order chi connectivity index (χ1) is 13.6. The molecule has 28 heavy (non-hydrogen) atoms. The number of benzene rings is 2. The van der Waals surface area contributed by atoms with Crippen molar-refractivity contribution in [2.75, 3.05) is 0 Å². The van der Waals surface area contributed by atoms with Crippen LogP contribution in [0.5, 0.6) is 0 Å². The molecule has 0 saturated heterocycles. The maximum absolute atomic E-state index is 13.3. The summed E-state index contributed by atoms with van der Waals surface area (Å²) in [5, 5.41) is 4.20. The Kier molecular flexibility index (Phi) is 4.93. The SMILES string of the molecule is Cn1ccnc1[C@@H](NC(=O)CCn1ccc2ccccc21)c1ccc(F)cc1. The molecule has 0 aliphatic heterocycles. The third-order valence-corrected chi connectivity index (χ3v) is 4.89. The Labute approximate surface area is 162 Å². The number of carbonyl (C=O) groups is 1. The predicted octanol–water partition coefficient (Wildman–Crippen LogP) is 3.81. The normalized spacial score (nSPS) is 12.2. The summed E-state index contributed by atoms with van der Waals surface area (Å²) in [6, 6.07) is 15.8. The summed E-state index contributed by atoms with van der Waals surface area (Å²) < 4.78 is 17.3. The Morgan fingerprint density at radius 1 is 1.11 bits per heavy atom. The standard InChI is InChI=1S/C22H21FN4O/c1-26-15-12-24-22(26)21(17-6-8-18(23)9-7-17)25-20(28)11-14-27-13-10-16-4-2-3-5-19(16)27/h2-10,12-13,15,21H,11,14H2,1H3,(H,25,28)/t21-/m0/s1. The highest BCUT2D eigenvalue weighted by atomic mass is 19.1. The minimum atomic E-state index is -0.436. The number of carbonyl (C=O) groups excluding carboxylic acids is 1. The van der Waals surface area contributed by atoms with Crippen molar-refractivity contribution >= 4 is 16.8 Å². The zero-order chi connectivity index (χ0) is 19.5. The number of nitrogens with zero attached hydrogens (tertiary/aromatic N) is 3. The van der Waals surface area contributed by atoms with E-state index < -0.39 is 6.04 Å². The van der Waals surface area contributed by atoms with Crippen LogP contribution in [0.2, 0.25) is 0 Å². The lowest BCUT2D eigenvalue weighted by molar-refractivity contribution is -0.121. The molecule has 0 aliphatic rings. The minimum absolute atomic E-state index is 0.0879. The van der Waals surface area contributed by atoms with Gasteiger partial charge in [-0.2, -0.15) is 0 Å². The Bertz CT molecular complexity index is 1100. The van der Waals surface area contributed by atoms with Gasteiger partial charge >= 0.3 is 0 Å². The van der Waals surface area contributed by atoms with Gasteiger partial charge in [0.05, 0.1) is 0 Å². The van der Waals surface area contributed by atoms with E-state index in [9.17, 15) is 9.18 Å². The van der Waals surface area contributed by atoms with Gasteiger partial charge in [0.2, 0.25) is 5.91 Å². The van der Waals surface area contributed by atoms with Gasteiger partial charge in [-0.05, 0) is 35.2 Å². The molecule has 5 nitrogen and oxygen atoms in total. The highest BCUT2D eigenvalue weighted by Gasteiger charge is 2.20. The molecule has 2 aromatic heterocycles. The lowest BCUT2D eigenvalue weighted by Crippen LogP contribution is -2.31. The zero-order valence-electron chi connectivity index (χ0n) is 15.5. The van der Waals surface area contributed by atoms with Gasteiger partial charge in [0.15, 0.2) is 0 Å². The van der Waals surface area contributed by atoms with Gasteiger partial charge in [0, 0.05) is 44.1 Å². The zero-order valence-corrected chi connectivity index (χ0v) is 15.5. The van der Waals surface area contributed by atoms with Crippen LogP contribution < -0.4 is 5.32 Å². The summed E-state index contributed by atoms with van der Waals surface area (Å²) in [4.78, 5) is 17.1. The summed E-state index contributed by atoms with van der Waals surface area (Å²) in [7, 11) is 1.87. The van der Waals surface area contributed by atoms with Crippen LogP contribution in [0.4, 0.5) is 4.39 Å². The third kappa shape index (κ3) is 3.67. The molecule has 0 bridgehead atoms.